The van der Waals surface area contributed by atoms with Crippen LogP contribution in [0.5, 0.6) is 0 Å². The van der Waals surface area contributed by atoms with E-state index in [0.29, 0.717) is 0 Å². The molecule has 0 N–H and O–H groups in total. The monoisotopic (exact) mass is 238 g/mol. The molecule has 0 aliphatic heterocycles. The van der Waals surface area contributed by atoms with Gasteiger partial charge >= 0.3 is 0 Å². The van der Waals surface area contributed by atoms with E-state index < -0.39 is 0 Å². The van der Waals surface area contributed by atoms with E-state index in [1.807, 2.05) is 36.4 Å². The number of nitrogens with zero attached hydrogens (tertiary/aromatic N) is 2. The molecule has 0 aliphatic carbocycles. The molecule has 0 radical (unpaired) electrons. The number of fused-ring (bicyclic) bond motifs is 1. The first-order chi connectivity index (χ1) is 8.79. The van der Waals surface area contributed by atoms with Gasteiger partial charge in [0.2, 0.25) is 0 Å². The smallest absolute Gasteiger partial charge is 0.176 e. The molecule has 0 saturated heterocycles. The van der Waals surface area contributed by atoms with Crippen LogP contribution in [0.3, 0.4) is 0 Å². The van der Waals surface area contributed by atoms with Crippen molar-refractivity contribution >= 4 is 11.0 Å². The molecule has 2 aromatic carbocycles. The fraction of sp³-hybridized carbons (Fsp3) is 0.133. The highest BCUT2D eigenvalue weighted by molar-refractivity contribution is 5.80. The van der Waals surface area contributed by atoms with Gasteiger partial charge in [-0.3, -0.25) is 0 Å². The molecule has 18 heavy (non-hydrogen) atoms. The Morgan fingerprint density at radius 2 is 1.83 bits per heavy atom. The number of aryl methyl sites for hydroxylation is 1. The number of benzene rings is 2. The van der Waals surface area contributed by atoms with Crippen molar-refractivity contribution in [1.82, 2.24) is 9.71 Å². The molecule has 0 spiro atoms. The van der Waals surface area contributed by atoms with Crippen molar-refractivity contribution in [1.29, 1.82) is 0 Å². The number of hydrogen-bond donors (Lipinski definition) is 0. The Labute approximate surface area is 106 Å². The van der Waals surface area contributed by atoms with Gasteiger partial charge < -0.3 is 4.84 Å². The zero-order valence-corrected chi connectivity index (χ0v) is 10.4. The van der Waals surface area contributed by atoms with Crippen LogP contribution in [0.15, 0.2) is 48.5 Å². The maximum absolute atomic E-state index is 5.45. The quantitative estimate of drug-likeness (QED) is 0.686. The summed E-state index contributed by atoms with van der Waals surface area (Å²) >= 11 is 0. The molecule has 0 atom stereocenters. The van der Waals surface area contributed by atoms with E-state index in [9.17, 15) is 0 Å². The highest BCUT2D eigenvalue weighted by Crippen LogP contribution is 2.24. The second kappa shape index (κ2) is 4.18. The van der Waals surface area contributed by atoms with Crippen LogP contribution in [0.4, 0.5) is 0 Å². The van der Waals surface area contributed by atoms with Gasteiger partial charge in [-0.25, -0.2) is 4.98 Å². The van der Waals surface area contributed by atoms with Gasteiger partial charge in [-0.15, -0.1) is 0 Å². The largest absolute Gasteiger partial charge is 0.415 e. The molecule has 3 heteroatoms. The van der Waals surface area contributed by atoms with Crippen LogP contribution in [0.2, 0.25) is 0 Å². The van der Waals surface area contributed by atoms with Crippen molar-refractivity contribution in [3.63, 3.8) is 0 Å². The molecule has 0 amide bonds. The SMILES string of the molecule is COn1c(-c2ccccc2)nc2cc(C)ccc21. The third-order valence-electron chi connectivity index (χ3n) is 2.98. The highest BCUT2D eigenvalue weighted by atomic mass is 16.6. The Balaban J connectivity index is 2.29. The predicted molar refractivity (Wildman–Crippen MR) is 72.4 cm³/mol. The Morgan fingerprint density at radius 1 is 1.06 bits per heavy atom. The summed E-state index contributed by atoms with van der Waals surface area (Å²) in [4.78, 5) is 10.1. The maximum atomic E-state index is 5.45. The van der Waals surface area contributed by atoms with Crippen molar-refractivity contribution in [2.75, 3.05) is 7.11 Å². The van der Waals surface area contributed by atoms with E-state index >= 15 is 0 Å². The van der Waals surface area contributed by atoms with Gasteiger partial charge in [0.05, 0.1) is 5.52 Å². The van der Waals surface area contributed by atoms with Crippen LogP contribution in [-0.2, 0) is 0 Å². The Bertz CT molecular complexity index is 686. The lowest BCUT2D eigenvalue weighted by molar-refractivity contribution is 0.182. The lowest BCUT2D eigenvalue weighted by atomic mass is 10.2. The molecule has 3 aromatic rings. The van der Waals surface area contributed by atoms with Crippen molar-refractivity contribution in [3.05, 3.63) is 54.1 Å². The first-order valence-corrected chi connectivity index (χ1v) is 5.88. The molecule has 1 heterocycles. The third kappa shape index (κ3) is 1.64. The normalized spacial score (nSPS) is 10.8. The molecular weight excluding hydrogens is 224 g/mol. The predicted octanol–water partition coefficient (Wildman–Crippen LogP) is 3.07. The first-order valence-electron chi connectivity index (χ1n) is 5.88. The van der Waals surface area contributed by atoms with E-state index in [2.05, 4.69) is 24.0 Å². The average molecular weight is 238 g/mol. The summed E-state index contributed by atoms with van der Waals surface area (Å²) < 4.78 is 1.77. The number of hydrogen-bond acceptors (Lipinski definition) is 2. The second-order valence-corrected chi connectivity index (χ2v) is 4.27. The number of rotatable bonds is 2. The summed E-state index contributed by atoms with van der Waals surface area (Å²) in [5, 5.41) is 0. The summed E-state index contributed by atoms with van der Waals surface area (Å²) in [5.74, 6) is 0.832. The molecule has 0 aliphatic rings. The van der Waals surface area contributed by atoms with E-state index in [1.165, 1.54) is 5.56 Å². The minimum Gasteiger partial charge on any atom is -0.415 e. The maximum Gasteiger partial charge on any atom is 0.176 e. The third-order valence-corrected chi connectivity index (χ3v) is 2.98. The fourth-order valence-corrected chi connectivity index (χ4v) is 2.12. The van der Waals surface area contributed by atoms with Gasteiger partial charge in [-0.2, -0.15) is 4.73 Å². The van der Waals surface area contributed by atoms with Gasteiger partial charge in [-0.05, 0) is 24.6 Å². The Kier molecular flexibility index (Phi) is 2.52. The number of imidazole rings is 1. The van der Waals surface area contributed by atoms with Crippen LogP contribution >= 0.6 is 0 Å². The van der Waals surface area contributed by atoms with Crippen LogP contribution < -0.4 is 4.84 Å². The Morgan fingerprint density at radius 3 is 2.56 bits per heavy atom. The summed E-state index contributed by atoms with van der Waals surface area (Å²) in [5.41, 5.74) is 4.19. The minimum absolute atomic E-state index is 0.832. The van der Waals surface area contributed by atoms with Gasteiger partial charge in [0, 0.05) is 5.56 Å². The van der Waals surface area contributed by atoms with Crippen molar-refractivity contribution in [2.45, 2.75) is 6.92 Å². The second-order valence-electron chi connectivity index (χ2n) is 4.27. The summed E-state index contributed by atoms with van der Waals surface area (Å²) in [6, 6.07) is 16.2. The summed E-state index contributed by atoms with van der Waals surface area (Å²) in [7, 11) is 1.66. The molecular formula is C15H14N2O. The van der Waals surface area contributed by atoms with Crippen molar-refractivity contribution < 1.29 is 4.84 Å². The molecule has 0 fully saturated rings. The van der Waals surface area contributed by atoms with Crippen LogP contribution in [0, 0.1) is 6.92 Å². The Hall–Kier alpha value is -2.29. The van der Waals surface area contributed by atoms with Gasteiger partial charge in [0.15, 0.2) is 5.82 Å². The fourth-order valence-electron chi connectivity index (χ4n) is 2.12. The van der Waals surface area contributed by atoms with Gasteiger partial charge in [-0.1, -0.05) is 36.4 Å². The topological polar surface area (TPSA) is 27.1 Å². The van der Waals surface area contributed by atoms with E-state index in [1.54, 1.807) is 11.8 Å². The van der Waals surface area contributed by atoms with E-state index in [4.69, 9.17) is 4.84 Å². The van der Waals surface area contributed by atoms with E-state index in [0.717, 1.165) is 22.4 Å². The van der Waals surface area contributed by atoms with Gasteiger partial charge in [0.25, 0.3) is 0 Å². The lowest BCUT2D eigenvalue weighted by Gasteiger charge is -2.06. The average Bonchev–Trinajstić information content (AvgIpc) is 2.77. The molecule has 3 rings (SSSR count). The van der Waals surface area contributed by atoms with Crippen LogP contribution in [-0.4, -0.2) is 16.8 Å². The molecule has 0 bridgehead atoms. The van der Waals surface area contributed by atoms with Crippen LogP contribution in [0.25, 0.3) is 22.4 Å². The summed E-state index contributed by atoms with van der Waals surface area (Å²) in [6.07, 6.45) is 0. The zero-order valence-electron chi connectivity index (χ0n) is 10.4. The standard InChI is InChI=1S/C15H14N2O/c1-11-8-9-14-13(10-11)16-15(17(14)18-2)12-6-4-3-5-7-12/h3-10H,1-2H3. The highest BCUT2D eigenvalue weighted by Gasteiger charge is 2.12. The minimum atomic E-state index is 0.832. The van der Waals surface area contributed by atoms with Gasteiger partial charge in [0.1, 0.15) is 12.6 Å². The lowest BCUT2D eigenvalue weighted by Crippen LogP contribution is -2.07. The molecule has 0 saturated carbocycles. The van der Waals surface area contributed by atoms with Crippen molar-refractivity contribution in [3.8, 4) is 11.4 Å². The zero-order chi connectivity index (χ0) is 12.5. The van der Waals surface area contributed by atoms with E-state index in [-0.39, 0.29) is 0 Å². The van der Waals surface area contributed by atoms with Crippen molar-refractivity contribution in [2.24, 2.45) is 0 Å². The number of aromatic nitrogens is 2. The summed E-state index contributed by atoms with van der Waals surface area (Å²) in [6.45, 7) is 2.06. The first kappa shape index (κ1) is 10.8. The molecule has 1 aromatic heterocycles. The molecule has 3 nitrogen and oxygen atoms in total. The molecule has 90 valence electrons. The van der Waals surface area contributed by atoms with Crippen LogP contribution in [0.1, 0.15) is 5.56 Å². The molecule has 0 unspecified atom stereocenters.